The van der Waals surface area contributed by atoms with E-state index in [-0.39, 0.29) is 6.09 Å². The van der Waals surface area contributed by atoms with Gasteiger partial charge in [-0.1, -0.05) is 30.3 Å². The van der Waals surface area contributed by atoms with Crippen LogP contribution in [0.25, 0.3) is 0 Å². The van der Waals surface area contributed by atoms with Crippen molar-refractivity contribution in [2.45, 2.75) is 19.4 Å². The van der Waals surface area contributed by atoms with E-state index < -0.39 is 0 Å². The summed E-state index contributed by atoms with van der Waals surface area (Å²) in [5.41, 5.74) is 0.998. The van der Waals surface area contributed by atoms with Gasteiger partial charge >= 0.3 is 6.09 Å². The monoisotopic (exact) mass is 290 g/mol. The number of ether oxygens (including phenoxy) is 1. The zero-order valence-electron chi connectivity index (χ0n) is 12.2. The molecule has 0 atom stereocenters. The molecule has 5 nitrogen and oxygen atoms in total. The van der Waals surface area contributed by atoms with Crippen LogP contribution in [0.5, 0.6) is 0 Å². The first kappa shape index (κ1) is 15.5. The van der Waals surface area contributed by atoms with Gasteiger partial charge in [0.1, 0.15) is 12.9 Å². The number of piperazine rings is 1. The number of benzene rings is 1. The summed E-state index contributed by atoms with van der Waals surface area (Å²) in [7, 11) is 0. The number of carbonyl (C=O) groups excluding carboxylic acids is 2. The second-order valence-electron chi connectivity index (χ2n) is 5.18. The summed E-state index contributed by atoms with van der Waals surface area (Å²) in [6, 6.07) is 9.69. The first-order chi connectivity index (χ1) is 10.3. The minimum atomic E-state index is -0.244. The Morgan fingerprint density at radius 3 is 2.52 bits per heavy atom. The summed E-state index contributed by atoms with van der Waals surface area (Å²) in [6.45, 7) is 4.31. The Morgan fingerprint density at radius 2 is 1.86 bits per heavy atom. The van der Waals surface area contributed by atoms with Crippen molar-refractivity contribution in [1.29, 1.82) is 0 Å². The molecule has 5 heteroatoms. The van der Waals surface area contributed by atoms with Crippen LogP contribution in [-0.2, 0) is 16.1 Å². The van der Waals surface area contributed by atoms with Gasteiger partial charge in [0, 0.05) is 32.6 Å². The highest BCUT2D eigenvalue weighted by atomic mass is 16.6. The molecular formula is C16H22N2O3. The van der Waals surface area contributed by atoms with Gasteiger partial charge in [0.15, 0.2) is 0 Å². The van der Waals surface area contributed by atoms with Gasteiger partial charge in [-0.15, -0.1) is 0 Å². The SMILES string of the molecule is O=CCCCN1CCN(C(=O)OCc2ccccc2)CC1. The van der Waals surface area contributed by atoms with E-state index in [1.165, 1.54) is 0 Å². The Balaban J connectivity index is 1.67. The lowest BCUT2D eigenvalue weighted by Crippen LogP contribution is -2.48. The van der Waals surface area contributed by atoms with Gasteiger partial charge < -0.3 is 14.4 Å². The number of hydrogen-bond donors (Lipinski definition) is 0. The van der Waals surface area contributed by atoms with Crippen molar-refractivity contribution in [3.05, 3.63) is 35.9 Å². The molecule has 1 amide bonds. The summed E-state index contributed by atoms with van der Waals surface area (Å²) in [4.78, 5) is 26.3. The average Bonchev–Trinajstić information content (AvgIpc) is 2.54. The van der Waals surface area contributed by atoms with Crippen molar-refractivity contribution < 1.29 is 14.3 Å². The molecule has 0 saturated carbocycles. The highest BCUT2D eigenvalue weighted by Crippen LogP contribution is 2.07. The van der Waals surface area contributed by atoms with E-state index in [0.717, 1.165) is 37.9 Å². The Kier molecular flexibility index (Phi) is 6.22. The smallest absolute Gasteiger partial charge is 0.410 e. The zero-order valence-corrected chi connectivity index (χ0v) is 12.2. The molecule has 1 heterocycles. The molecule has 114 valence electrons. The van der Waals surface area contributed by atoms with E-state index in [0.29, 0.717) is 26.1 Å². The topological polar surface area (TPSA) is 49.9 Å². The lowest BCUT2D eigenvalue weighted by molar-refractivity contribution is -0.108. The standard InChI is InChI=1S/C16H22N2O3/c19-13-5-4-8-17-9-11-18(12-10-17)16(20)21-14-15-6-2-1-3-7-15/h1-3,6-7,13H,4-5,8-12,14H2. The molecule has 1 aliphatic rings. The Bertz CT molecular complexity index is 442. The minimum Gasteiger partial charge on any atom is -0.445 e. The van der Waals surface area contributed by atoms with Gasteiger partial charge in [0.2, 0.25) is 0 Å². The molecule has 1 aromatic rings. The maximum absolute atomic E-state index is 12.0. The lowest BCUT2D eigenvalue weighted by atomic mass is 10.2. The van der Waals surface area contributed by atoms with Crippen molar-refractivity contribution in [2.75, 3.05) is 32.7 Å². The second-order valence-corrected chi connectivity index (χ2v) is 5.18. The average molecular weight is 290 g/mol. The molecule has 0 aliphatic carbocycles. The maximum Gasteiger partial charge on any atom is 0.410 e. The first-order valence-electron chi connectivity index (χ1n) is 7.41. The largest absolute Gasteiger partial charge is 0.445 e. The number of unbranched alkanes of at least 4 members (excludes halogenated alkanes) is 1. The number of rotatable bonds is 6. The van der Waals surface area contributed by atoms with Crippen LogP contribution in [0.2, 0.25) is 0 Å². The fraction of sp³-hybridized carbons (Fsp3) is 0.500. The van der Waals surface area contributed by atoms with Crippen LogP contribution in [0.15, 0.2) is 30.3 Å². The van der Waals surface area contributed by atoms with Gasteiger partial charge in [-0.2, -0.15) is 0 Å². The van der Waals surface area contributed by atoms with Crippen LogP contribution in [0.4, 0.5) is 4.79 Å². The number of nitrogens with zero attached hydrogens (tertiary/aromatic N) is 2. The van der Waals surface area contributed by atoms with Gasteiger partial charge in [0.05, 0.1) is 0 Å². The van der Waals surface area contributed by atoms with E-state index in [1.807, 2.05) is 30.3 Å². The number of carbonyl (C=O) groups is 2. The van der Waals surface area contributed by atoms with E-state index in [4.69, 9.17) is 4.74 Å². The lowest BCUT2D eigenvalue weighted by Gasteiger charge is -2.33. The van der Waals surface area contributed by atoms with Crippen LogP contribution in [0, 0.1) is 0 Å². The summed E-state index contributed by atoms with van der Waals surface area (Å²) >= 11 is 0. The van der Waals surface area contributed by atoms with Crippen LogP contribution >= 0.6 is 0 Å². The zero-order chi connectivity index (χ0) is 14.9. The second kappa shape index (κ2) is 8.42. The third-order valence-electron chi connectivity index (χ3n) is 3.63. The Labute approximate surface area is 125 Å². The molecular weight excluding hydrogens is 268 g/mol. The quantitative estimate of drug-likeness (QED) is 0.593. The van der Waals surface area contributed by atoms with E-state index in [1.54, 1.807) is 4.90 Å². The van der Waals surface area contributed by atoms with Crippen LogP contribution in [0.3, 0.4) is 0 Å². The number of aldehydes is 1. The molecule has 2 rings (SSSR count). The van der Waals surface area contributed by atoms with Crippen LogP contribution < -0.4 is 0 Å². The molecule has 1 aliphatic heterocycles. The van der Waals surface area contributed by atoms with Crippen molar-refractivity contribution in [2.24, 2.45) is 0 Å². The van der Waals surface area contributed by atoms with E-state index in [9.17, 15) is 9.59 Å². The fourth-order valence-corrected chi connectivity index (χ4v) is 2.36. The predicted molar refractivity (Wildman–Crippen MR) is 79.9 cm³/mol. The summed E-state index contributed by atoms with van der Waals surface area (Å²) in [5, 5.41) is 0. The maximum atomic E-state index is 12.0. The number of amides is 1. The van der Waals surface area contributed by atoms with Gasteiger partial charge in [-0.05, 0) is 18.5 Å². The summed E-state index contributed by atoms with van der Waals surface area (Å²) in [5.74, 6) is 0. The molecule has 1 saturated heterocycles. The predicted octanol–water partition coefficient (Wildman–Crippen LogP) is 1.92. The molecule has 0 bridgehead atoms. The van der Waals surface area contributed by atoms with Gasteiger partial charge in [-0.25, -0.2) is 4.79 Å². The molecule has 0 spiro atoms. The van der Waals surface area contributed by atoms with Crippen LogP contribution in [0.1, 0.15) is 18.4 Å². The molecule has 0 aromatic heterocycles. The molecule has 0 N–H and O–H groups in total. The third kappa shape index (κ3) is 5.19. The van der Waals surface area contributed by atoms with Crippen molar-refractivity contribution >= 4 is 12.4 Å². The third-order valence-corrected chi connectivity index (χ3v) is 3.63. The minimum absolute atomic E-state index is 0.244. The van der Waals surface area contributed by atoms with Crippen molar-refractivity contribution in [3.8, 4) is 0 Å². The molecule has 21 heavy (non-hydrogen) atoms. The van der Waals surface area contributed by atoms with Crippen molar-refractivity contribution in [1.82, 2.24) is 9.80 Å². The fourth-order valence-electron chi connectivity index (χ4n) is 2.36. The Hall–Kier alpha value is -1.88. The van der Waals surface area contributed by atoms with Gasteiger partial charge in [0.25, 0.3) is 0 Å². The van der Waals surface area contributed by atoms with E-state index in [2.05, 4.69) is 4.90 Å². The summed E-state index contributed by atoms with van der Waals surface area (Å²) < 4.78 is 5.32. The number of hydrogen-bond acceptors (Lipinski definition) is 4. The van der Waals surface area contributed by atoms with Crippen LogP contribution in [-0.4, -0.2) is 54.9 Å². The molecule has 0 radical (unpaired) electrons. The molecule has 1 fully saturated rings. The van der Waals surface area contributed by atoms with Gasteiger partial charge in [-0.3, -0.25) is 4.90 Å². The summed E-state index contributed by atoms with van der Waals surface area (Å²) in [6.07, 6.45) is 2.21. The highest BCUT2D eigenvalue weighted by Gasteiger charge is 2.21. The normalized spacial score (nSPS) is 15.7. The highest BCUT2D eigenvalue weighted by molar-refractivity contribution is 5.67. The Morgan fingerprint density at radius 1 is 1.14 bits per heavy atom. The van der Waals surface area contributed by atoms with E-state index >= 15 is 0 Å². The molecule has 1 aromatic carbocycles. The first-order valence-corrected chi connectivity index (χ1v) is 7.41. The van der Waals surface area contributed by atoms with Crippen molar-refractivity contribution in [3.63, 3.8) is 0 Å². The molecule has 0 unspecified atom stereocenters.